The second-order valence-corrected chi connectivity index (χ2v) is 6.69. The van der Waals surface area contributed by atoms with Gasteiger partial charge in [0.15, 0.2) is 11.5 Å². The van der Waals surface area contributed by atoms with E-state index in [9.17, 15) is 30.3 Å². The summed E-state index contributed by atoms with van der Waals surface area (Å²) in [7, 11) is 8.98. The molecule has 0 radical (unpaired) electrons. The number of hydrogen-bond acceptors (Lipinski definition) is 11. The molecule has 0 bridgehead atoms. The SMILES string of the molecule is COc1cc(CCN(C)C)cc(OC)c1OC.O=[N+]([O-])c1cc([N+](=O)[O-])c(O)c([N+](=O)[O-])c1. The highest BCUT2D eigenvalue weighted by Gasteiger charge is 2.30. The van der Waals surface area contributed by atoms with E-state index >= 15 is 0 Å². The van der Waals surface area contributed by atoms with Gasteiger partial charge in [-0.3, -0.25) is 30.3 Å². The lowest BCUT2D eigenvalue weighted by atomic mass is 10.1. The van der Waals surface area contributed by atoms with Crippen molar-refractivity contribution in [2.24, 2.45) is 0 Å². The van der Waals surface area contributed by atoms with Crippen LogP contribution >= 0.6 is 0 Å². The van der Waals surface area contributed by atoms with Crippen LogP contribution in [0.1, 0.15) is 5.56 Å². The lowest BCUT2D eigenvalue weighted by Gasteiger charge is -2.15. The molecule has 2 rings (SSSR count). The van der Waals surface area contributed by atoms with Crippen LogP contribution in [0.3, 0.4) is 0 Å². The summed E-state index contributed by atoms with van der Waals surface area (Å²) in [6, 6.07) is 4.88. The number of aromatic hydroxyl groups is 1. The van der Waals surface area contributed by atoms with E-state index in [1.54, 1.807) is 21.3 Å². The molecule has 0 fully saturated rings. The number of nitrogens with zero attached hydrogens (tertiary/aromatic N) is 4. The largest absolute Gasteiger partial charge is 0.497 e. The van der Waals surface area contributed by atoms with E-state index in [4.69, 9.17) is 19.3 Å². The smallest absolute Gasteiger partial charge is 0.324 e. The molecule has 2 aromatic carbocycles. The predicted molar refractivity (Wildman–Crippen MR) is 116 cm³/mol. The number of likely N-dealkylation sites (N-methyl/N-ethyl adjacent to an activating group) is 1. The number of ether oxygens (including phenoxy) is 3. The first kappa shape index (κ1) is 26.8. The fourth-order valence-corrected chi connectivity index (χ4v) is 2.61. The van der Waals surface area contributed by atoms with Crippen molar-refractivity contribution in [1.82, 2.24) is 4.90 Å². The second-order valence-electron chi connectivity index (χ2n) is 6.69. The maximum atomic E-state index is 10.4. The number of nitro groups is 3. The number of nitro benzene ring substituents is 3. The number of methoxy groups -OCH3 is 3. The molecule has 1 N–H and O–H groups in total. The Labute approximate surface area is 188 Å². The monoisotopic (exact) mass is 468 g/mol. The van der Waals surface area contributed by atoms with E-state index < -0.39 is 37.6 Å². The molecule has 14 nitrogen and oxygen atoms in total. The predicted octanol–water partition coefficient (Wildman–Crippen LogP) is 2.93. The fraction of sp³-hybridized carbons (Fsp3) is 0.368. The molecule has 0 spiro atoms. The minimum atomic E-state index is -1.21. The minimum Gasteiger partial charge on any atom is -0.497 e. The van der Waals surface area contributed by atoms with E-state index in [1.165, 1.54) is 5.56 Å². The molecule has 0 unspecified atom stereocenters. The summed E-state index contributed by atoms with van der Waals surface area (Å²) in [6.45, 7) is 0.985. The van der Waals surface area contributed by atoms with Crippen LogP contribution in [-0.4, -0.2) is 66.7 Å². The molecule has 0 aromatic heterocycles. The summed E-state index contributed by atoms with van der Waals surface area (Å²) in [6.07, 6.45) is 0.948. The quantitative estimate of drug-likeness (QED) is 0.422. The van der Waals surface area contributed by atoms with Crippen molar-refractivity contribution >= 4 is 17.1 Å². The van der Waals surface area contributed by atoms with Crippen LogP contribution in [0.4, 0.5) is 17.1 Å². The van der Waals surface area contributed by atoms with Crippen LogP contribution in [0, 0.1) is 30.3 Å². The molecule has 0 aliphatic carbocycles. The van der Waals surface area contributed by atoms with Crippen LogP contribution in [0.25, 0.3) is 0 Å². The Morgan fingerprint density at radius 1 is 0.818 bits per heavy atom. The number of rotatable bonds is 9. The van der Waals surface area contributed by atoms with Crippen molar-refractivity contribution in [3.63, 3.8) is 0 Å². The normalized spacial score (nSPS) is 10.1. The summed E-state index contributed by atoms with van der Waals surface area (Å²) < 4.78 is 15.9. The molecule has 0 atom stereocenters. The topological polar surface area (TPSA) is 181 Å². The first-order valence-corrected chi connectivity index (χ1v) is 9.20. The third-order valence-electron chi connectivity index (χ3n) is 4.23. The number of hydrogen-bond donors (Lipinski definition) is 1. The summed E-state index contributed by atoms with van der Waals surface area (Å²) in [4.78, 5) is 29.9. The summed E-state index contributed by atoms with van der Waals surface area (Å²) in [5, 5.41) is 40.2. The Kier molecular flexibility index (Phi) is 9.75. The maximum Gasteiger partial charge on any atom is 0.324 e. The van der Waals surface area contributed by atoms with Gasteiger partial charge in [-0.1, -0.05) is 0 Å². The standard InChI is InChI=1S/C13H21NO3.C6H3N3O7/c1-14(2)7-6-10-8-11(15-3)13(17-5)12(9-10)16-4;10-6-4(8(13)14)1-3(7(11)12)2-5(6)9(15)16/h8-9H,6-7H2,1-5H3;1-2,10H. The van der Waals surface area contributed by atoms with Gasteiger partial charge in [-0.25, -0.2) is 0 Å². The van der Waals surface area contributed by atoms with Gasteiger partial charge in [0.25, 0.3) is 11.4 Å². The zero-order valence-electron chi connectivity index (χ0n) is 18.6. The van der Waals surface area contributed by atoms with Crippen molar-refractivity contribution in [1.29, 1.82) is 0 Å². The molecule has 0 aliphatic heterocycles. The Hall–Kier alpha value is -4.20. The van der Waals surface area contributed by atoms with Gasteiger partial charge in [-0.2, -0.15) is 0 Å². The molecule has 0 saturated carbocycles. The summed E-state index contributed by atoms with van der Waals surface area (Å²) in [5.41, 5.74) is -1.83. The van der Waals surface area contributed by atoms with Gasteiger partial charge in [-0.15, -0.1) is 0 Å². The van der Waals surface area contributed by atoms with Gasteiger partial charge < -0.3 is 24.2 Å². The Morgan fingerprint density at radius 2 is 1.27 bits per heavy atom. The number of non-ortho nitro benzene ring substituents is 1. The second kappa shape index (κ2) is 12.0. The van der Waals surface area contributed by atoms with Crippen LogP contribution in [-0.2, 0) is 6.42 Å². The third-order valence-corrected chi connectivity index (χ3v) is 4.23. The maximum absolute atomic E-state index is 10.4. The molecule has 0 saturated heterocycles. The molecule has 0 aliphatic rings. The number of benzene rings is 2. The van der Waals surface area contributed by atoms with Crippen LogP contribution in [0.15, 0.2) is 24.3 Å². The molecule has 2 aromatic rings. The first-order valence-electron chi connectivity index (χ1n) is 9.20. The lowest BCUT2D eigenvalue weighted by molar-refractivity contribution is -0.404. The zero-order valence-corrected chi connectivity index (χ0v) is 18.6. The Balaban J connectivity index is 0.000000331. The van der Waals surface area contributed by atoms with Gasteiger partial charge in [0.1, 0.15) is 0 Å². The van der Waals surface area contributed by atoms with Crippen molar-refractivity contribution in [3.8, 4) is 23.0 Å². The van der Waals surface area contributed by atoms with E-state index in [1.807, 2.05) is 12.1 Å². The molecule has 0 heterocycles. The molecule has 180 valence electrons. The van der Waals surface area contributed by atoms with Gasteiger partial charge in [0.2, 0.25) is 5.75 Å². The van der Waals surface area contributed by atoms with Gasteiger partial charge in [-0.05, 0) is 38.2 Å². The number of phenolic OH excluding ortho intramolecular Hbond substituents is 1. The van der Waals surface area contributed by atoms with E-state index in [0.29, 0.717) is 29.4 Å². The van der Waals surface area contributed by atoms with Gasteiger partial charge >= 0.3 is 11.4 Å². The third kappa shape index (κ3) is 7.17. The van der Waals surface area contributed by atoms with Crippen LogP contribution < -0.4 is 14.2 Å². The molecule has 33 heavy (non-hydrogen) atoms. The molecule has 14 heteroatoms. The van der Waals surface area contributed by atoms with Gasteiger partial charge in [0, 0.05) is 6.54 Å². The van der Waals surface area contributed by atoms with Gasteiger partial charge in [0.05, 0.1) is 48.2 Å². The minimum absolute atomic E-state index is 0.447. The van der Waals surface area contributed by atoms with Crippen LogP contribution in [0.2, 0.25) is 0 Å². The van der Waals surface area contributed by atoms with E-state index in [-0.39, 0.29) is 0 Å². The molecular weight excluding hydrogens is 444 g/mol. The molecular formula is C19H24N4O10. The highest BCUT2D eigenvalue weighted by atomic mass is 16.6. The summed E-state index contributed by atoms with van der Waals surface area (Å²) in [5.74, 6) is 0.852. The lowest BCUT2D eigenvalue weighted by Crippen LogP contribution is -2.15. The highest BCUT2D eigenvalue weighted by Crippen LogP contribution is 2.39. The summed E-state index contributed by atoms with van der Waals surface area (Å²) >= 11 is 0. The Bertz CT molecular complexity index is 966. The van der Waals surface area contributed by atoms with Crippen molar-refractivity contribution < 1.29 is 34.1 Å². The average Bonchev–Trinajstić information content (AvgIpc) is 2.76. The highest BCUT2D eigenvalue weighted by molar-refractivity contribution is 5.64. The van der Waals surface area contributed by atoms with Crippen LogP contribution in [0.5, 0.6) is 23.0 Å². The van der Waals surface area contributed by atoms with Crippen molar-refractivity contribution in [2.75, 3.05) is 42.0 Å². The fourth-order valence-electron chi connectivity index (χ4n) is 2.61. The first-order chi connectivity index (χ1) is 15.5. The molecule has 0 amide bonds. The average molecular weight is 468 g/mol. The van der Waals surface area contributed by atoms with E-state index in [0.717, 1.165) is 13.0 Å². The van der Waals surface area contributed by atoms with Crippen molar-refractivity contribution in [3.05, 3.63) is 60.2 Å². The Morgan fingerprint density at radius 3 is 1.58 bits per heavy atom. The zero-order chi connectivity index (χ0) is 25.3. The number of phenols is 1. The van der Waals surface area contributed by atoms with E-state index in [2.05, 4.69) is 19.0 Å². The van der Waals surface area contributed by atoms with Crippen molar-refractivity contribution in [2.45, 2.75) is 6.42 Å².